The molecule has 1 aromatic rings. The molecule has 2 aliphatic heterocycles. The van der Waals surface area contributed by atoms with E-state index < -0.39 is 0 Å². The maximum absolute atomic E-state index is 13.4. The van der Waals surface area contributed by atoms with Crippen LogP contribution < -0.4 is 10.2 Å². The molecule has 94 valence electrons. The van der Waals surface area contributed by atoms with E-state index in [-0.39, 0.29) is 23.2 Å². The first kappa shape index (κ1) is 12.9. The van der Waals surface area contributed by atoms with Crippen LogP contribution in [0.4, 0.5) is 10.1 Å². The highest BCUT2D eigenvalue weighted by Gasteiger charge is 2.35. The second-order valence-corrected chi connectivity index (χ2v) is 5.07. The predicted octanol–water partition coefficient (Wildman–Crippen LogP) is 2.62. The molecule has 0 radical (unpaired) electrons. The summed E-state index contributed by atoms with van der Waals surface area (Å²) < 4.78 is 13.4. The molecule has 1 saturated heterocycles. The van der Waals surface area contributed by atoms with Crippen LogP contribution >= 0.6 is 24.0 Å². The number of hydrogen-bond acceptors (Lipinski definition) is 2. The second kappa shape index (κ2) is 4.63. The highest BCUT2D eigenvalue weighted by atomic mass is 35.5. The third-order valence-corrected chi connectivity index (χ3v) is 3.83. The molecule has 0 amide bonds. The van der Waals surface area contributed by atoms with Gasteiger partial charge in [-0.05, 0) is 31.0 Å². The Hall–Kier alpha value is -0.510. The molecular formula is C12H15Cl2FN2. The van der Waals surface area contributed by atoms with Crippen molar-refractivity contribution in [3.63, 3.8) is 0 Å². The molecular weight excluding hydrogens is 262 g/mol. The summed E-state index contributed by atoms with van der Waals surface area (Å²) in [6, 6.07) is 4.26. The zero-order chi connectivity index (χ0) is 11.3. The lowest BCUT2D eigenvalue weighted by Gasteiger charge is -2.38. The number of hydrogen-bond donors (Lipinski definition) is 1. The molecule has 5 heteroatoms. The van der Waals surface area contributed by atoms with Crippen molar-refractivity contribution in [2.75, 3.05) is 18.0 Å². The molecule has 2 aliphatic rings. The Balaban J connectivity index is 0.00000108. The van der Waals surface area contributed by atoms with Gasteiger partial charge in [-0.1, -0.05) is 11.6 Å². The highest BCUT2D eigenvalue weighted by Crippen LogP contribution is 2.37. The summed E-state index contributed by atoms with van der Waals surface area (Å²) in [7, 11) is 0. The number of fused-ring (bicyclic) bond motifs is 3. The molecule has 1 fully saturated rings. The fraction of sp³-hybridized carbons (Fsp3) is 0.500. The van der Waals surface area contributed by atoms with E-state index in [1.54, 1.807) is 12.1 Å². The van der Waals surface area contributed by atoms with Gasteiger partial charge < -0.3 is 10.2 Å². The number of nitrogens with zero attached hydrogens (tertiary/aromatic N) is 1. The Morgan fingerprint density at radius 3 is 2.94 bits per heavy atom. The minimum atomic E-state index is -0.305. The molecule has 2 heterocycles. The molecule has 2 atom stereocenters. The van der Waals surface area contributed by atoms with Gasteiger partial charge in [-0.2, -0.15) is 0 Å². The van der Waals surface area contributed by atoms with Crippen LogP contribution in [0.1, 0.15) is 12.5 Å². The average Bonchev–Trinajstić information content (AvgIpc) is 2.58. The van der Waals surface area contributed by atoms with E-state index in [1.165, 1.54) is 0 Å². The maximum Gasteiger partial charge on any atom is 0.142 e. The molecule has 0 unspecified atom stereocenters. The molecule has 0 aliphatic carbocycles. The zero-order valence-corrected chi connectivity index (χ0v) is 11.1. The largest absolute Gasteiger partial charge is 0.363 e. The quantitative estimate of drug-likeness (QED) is 0.784. The van der Waals surface area contributed by atoms with Gasteiger partial charge in [0.15, 0.2) is 0 Å². The second-order valence-electron chi connectivity index (χ2n) is 4.67. The van der Waals surface area contributed by atoms with Crippen LogP contribution in [0.3, 0.4) is 0 Å². The first-order valence-corrected chi connectivity index (χ1v) is 6.01. The Kier molecular flexibility index (Phi) is 3.53. The van der Waals surface area contributed by atoms with Crippen LogP contribution in [0.15, 0.2) is 12.1 Å². The lowest BCUT2D eigenvalue weighted by molar-refractivity contribution is 0.430. The number of halogens is 3. The Morgan fingerprint density at radius 2 is 2.18 bits per heavy atom. The number of benzene rings is 1. The summed E-state index contributed by atoms with van der Waals surface area (Å²) in [6.45, 7) is 4.13. The summed E-state index contributed by atoms with van der Waals surface area (Å²) in [5, 5.41) is 3.63. The number of rotatable bonds is 0. The number of nitrogens with one attached hydrogen (secondary N) is 1. The van der Waals surface area contributed by atoms with E-state index in [2.05, 4.69) is 17.1 Å². The predicted molar refractivity (Wildman–Crippen MR) is 71.0 cm³/mol. The van der Waals surface area contributed by atoms with E-state index in [1.807, 2.05) is 0 Å². The Bertz CT molecular complexity index is 439. The lowest BCUT2D eigenvalue weighted by Crippen LogP contribution is -2.54. The van der Waals surface area contributed by atoms with Crippen molar-refractivity contribution in [2.45, 2.75) is 25.4 Å². The summed E-state index contributed by atoms with van der Waals surface area (Å²) >= 11 is 5.85. The molecule has 0 saturated carbocycles. The average molecular weight is 277 g/mol. The van der Waals surface area contributed by atoms with E-state index in [0.717, 1.165) is 30.8 Å². The van der Waals surface area contributed by atoms with Crippen LogP contribution in [-0.2, 0) is 6.42 Å². The van der Waals surface area contributed by atoms with Crippen molar-refractivity contribution in [3.05, 3.63) is 28.5 Å². The van der Waals surface area contributed by atoms with Gasteiger partial charge in [0.05, 0.1) is 5.02 Å². The van der Waals surface area contributed by atoms with E-state index in [0.29, 0.717) is 12.1 Å². The van der Waals surface area contributed by atoms with E-state index >= 15 is 0 Å². The fourth-order valence-electron chi connectivity index (χ4n) is 2.86. The van der Waals surface area contributed by atoms with Crippen molar-refractivity contribution in [3.8, 4) is 0 Å². The van der Waals surface area contributed by atoms with E-state index in [4.69, 9.17) is 11.6 Å². The smallest absolute Gasteiger partial charge is 0.142 e. The van der Waals surface area contributed by atoms with Crippen molar-refractivity contribution < 1.29 is 4.39 Å². The van der Waals surface area contributed by atoms with Crippen LogP contribution in [-0.4, -0.2) is 25.2 Å². The minimum absolute atomic E-state index is 0. The normalized spacial score (nSPS) is 26.2. The number of piperazine rings is 1. The highest BCUT2D eigenvalue weighted by molar-refractivity contribution is 6.31. The third-order valence-electron chi connectivity index (χ3n) is 3.54. The molecule has 0 bridgehead atoms. The SMILES string of the molecule is C[C@@H]1CNC[C@H]2Cc3cc(F)c(Cl)cc3N21.Cl. The van der Waals surface area contributed by atoms with E-state index in [9.17, 15) is 4.39 Å². The Morgan fingerprint density at radius 1 is 1.41 bits per heavy atom. The van der Waals surface area contributed by atoms with Crippen LogP contribution in [0.25, 0.3) is 0 Å². The van der Waals surface area contributed by atoms with Gasteiger partial charge in [-0.3, -0.25) is 0 Å². The van der Waals surface area contributed by atoms with Gasteiger partial charge in [-0.25, -0.2) is 4.39 Å². The van der Waals surface area contributed by atoms with Gasteiger partial charge in [0.1, 0.15) is 5.82 Å². The van der Waals surface area contributed by atoms with Crippen molar-refractivity contribution >= 4 is 29.7 Å². The van der Waals surface area contributed by atoms with Crippen molar-refractivity contribution in [1.82, 2.24) is 5.32 Å². The Labute approximate surface area is 112 Å². The first-order valence-electron chi connectivity index (χ1n) is 5.64. The first-order chi connectivity index (χ1) is 7.66. The molecule has 0 aromatic heterocycles. The molecule has 17 heavy (non-hydrogen) atoms. The topological polar surface area (TPSA) is 15.3 Å². The van der Waals surface area contributed by atoms with Crippen molar-refractivity contribution in [2.24, 2.45) is 0 Å². The van der Waals surface area contributed by atoms with Gasteiger partial charge in [0.2, 0.25) is 0 Å². The van der Waals surface area contributed by atoms with Crippen LogP contribution in [0, 0.1) is 5.82 Å². The molecule has 3 rings (SSSR count). The molecule has 1 aromatic carbocycles. The van der Waals surface area contributed by atoms with Crippen LogP contribution in [0.2, 0.25) is 5.02 Å². The standard InChI is InChI=1S/C12H14ClFN2.ClH/c1-7-5-15-6-9-2-8-3-11(14)10(13)4-12(8)16(7)9;/h3-4,7,9,15H,2,5-6H2,1H3;1H/t7-,9-;/m1./s1. The zero-order valence-electron chi connectivity index (χ0n) is 9.54. The lowest BCUT2D eigenvalue weighted by atomic mass is 10.1. The third kappa shape index (κ3) is 2.01. The number of anilines is 1. The monoisotopic (exact) mass is 276 g/mol. The molecule has 2 nitrogen and oxygen atoms in total. The van der Waals surface area contributed by atoms with Gasteiger partial charge in [0, 0.05) is 30.9 Å². The van der Waals surface area contributed by atoms with Gasteiger partial charge in [0.25, 0.3) is 0 Å². The molecule has 1 N–H and O–H groups in total. The molecule has 0 spiro atoms. The fourth-order valence-corrected chi connectivity index (χ4v) is 3.01. The van der Waals surface area contributed by atoms with Gasteiger partial charge >= 0.3 is 0 Å². The maximum atomic E-state index is 13.4. The van der Waals surface area contributed by atoms with Crippen molar-refractivity contribution in [1.29, 1.82) is 0 Å². The summed E-state index contributed by atoms with van der Waals surface area (Å²) in [5.41, 5.74) is 2.20. The summed E-state index contributed by atoms with van der Waals surface area (Å²) in [5.74, 6) is -0.305. The van der Waals surface area contributed by atoms with Gasteiger partial charge in [-0.15, -0.1) is 12.4 Å². The van der Waals surface area contributed by atoms with Crippen LogP contribution in [0.5, 0.6) is 0 Å². The summed E-state index contributed by atoms with van der Waals surface area (Å²) in [6.07, 6.45) is 0.917. The minimum Gasteiger partial charge on any atom is -0.363 e. The summed E-state index contributed by atoms with van der Waals surface area (Å²) in [4.78, 5) is 2.37.